The number of rotatable bonds is 6. The van der Waals surface area contributed by atoms with Crippen molar-refractivity contribution in [2.75, 3.05) is 43.0 Å². The third-order valence-corrected chi connectivity index (χ3v) is 4.25. The van der Waals surface area contributed by atoms with Gasteiger partial charge in [0.15, 0.2) is 0 Å². The van der Waals surface area contributed by atoms with Crippen LogP contribution in [0.3, 0.4) is 0 Å². The molecule has 2 heterocycles. The Balaban J connectivity index is 1.59. The maximum absolute atomic E-state index is 11.8. The molecule has 0 aliphatic carbocycles. The Morgan fingerprint density at radius 2 is 1.86 bits per heavy atom. The zero-order valence-electron chi connectivity index (χ0n) is 16.6. The first kappa shape index (κ1) is 19.7. The lowest BCUT2D eigenvalue weighted by molar-refractivity contribution is 0.105. The number of ether oxygens (including phenoxy) is 2. The summed E-state index contributed by atoms with van der Waals surface area (Å²) in [5, 5.41) is 3.22. The van der Waals surface area contributed by atoms with Crippen molar-refractivity contribution in [3.8, 4) is 5.75 Å². The van der Waals surface area contributed by atoms with Gasteiger partial charge in [0.05, 0.1) is 12.7 Å². The minimum absolute atomic E-state index is 0.142. The van der Waals surface area contributed by atoms with Gasteiger partial charge in [0.1, 0.15) is 11.6 Å². The third-order valence-electron chi connectivity index (χ3n) is 4.25. The molecule has 8 heteroatoms. The minimum Gasteiger partial charge on any atom is -0.491 e. The van der Waals surface area contributed by atoms with Gasteiger partial charge in [-0.3, -0.25) is 0 Å². The number of piperazine rings is 1. The molecule has 8 nitrogen and oxygen atoms in total. The highest BCUT2D eigenvalue weighted by molar-refractivity contribution is 5.68. The quantitative estimate of drug-likeness (QED) is 0.817. The summed E-state index contributed by atoms with van der Waals surface area (Å²) >= 11 is 0. The number of benzene rings is 1. The summed E-state index contributed by atoms with van der Waals surface area (Å²) in [6.45, 7) is 8.84. The van der Waals surface area contributed by atoms with Gasteiger partial charge in [-0.1, -0.05) is 0 Å². The standard InChI is InChI=1S/C20H27N5O3/c1-4-27-20(26)25-13-11-24(12-14-25)18-9-10-21-19(23-18)22-16-5-7-17(8-6-16)28-15(2)3/h5-10,15H,4,11-14H2,1-3H3,(H,21,22,23). The van der Waals surface area contributed by atoms with Crippen molar-refractivity contribution in [3.05, 3.63) is 36.5 Å². The second-order valence-electron chi connectivity index (χ2n) is 6.73. The second-order valence-corrected chi connectivity index (χ2v) is 6.73. The van der Waals surface area contributed by atoms with E-state index in [0.717, 1.165) is 17.3 Å². The van der Waals surface area contributed by atoms with Crippen molar-refractivity contribution in [2.45, 2.75) is 26.9 Å². The fraction of sp³-hybridized carbons (Fsp3) is 0.450. The third kappa shape index (κ3) is 5.25. The number of carbonyl (C=O) groups is 1. The summed E-state index contributed by atoms with van der Waals surface area (Å²) in [4.78, 5) is 24.6. The van der Waals surface area contributed by atoms with Gasteiger partial charge in [-0.05, 0) is 51.1 Å². The molecule has 0 radical (unpaired) electrons. The largest absolute Gasteiger partial charge is 0.491 e. The highest BCUT2D eigenvalue weighted by Gasteiger charge is 2.22. The van der Waals surface area contributed by atoms with E-state index in [-0.39, 0.29) is 12.2 Å². The Bertz CT molecular complexity index is 774. The molecular weight excluding hydrogens is 358 g/mol. The van der Waals surface area contributed by atoms with E-state index in [1.807, 2.05) is 51.1 Å². The summed E-state index contributed by atoms with van der Waals surface area (Å²) in [6, 6.07) is 9.59. The van der Waals surface area contributed by atoms with Crippen molar-refractivity contribution in [3.63, 3.8) is 0 Å². The van der Waals surface area contributed by atoms with Gasteiger partial charge in [0.25, 0.3) is 0 Å². The number of amides is 1. The summed E-state index contributed by atoms with van der Waals surface area (Å²) in [7, 11) is 0. The summed E-state index contributed by atoms with van der Waals surface area (Å²) < 4.78 is 10.7. The van der Waals surface area contributed by atoms with Gasteiger partial charge in [-0.15, -0.1) is 0 Å². The van der Waals surface area contributed by atoms with Crippen LogP contribution in [0.2, 0.25) is 0 Å². The molecule has 0 spiro atoms. The molecule has 1 N–H and O–H groups in total. The van der Waals surface area contributed by atoms with Crippen molar-refractivity contribution in [2.24, 2.45) is 0 Å². The molecule has 0 unspecified atom stereocenters. The van der Waals surface area contributed by atoms with Gasteiger partial charge in [-0.25, -0.2) is 9.78 Å². The van der Waals surface area contributed by atoms with Crippen LogP contribution in [-0.2, 0) is 4.74 Å². The van der Waals surface area contributed by atoms with Crippen LogP contribution in [0.4, 0.5) is 22.2 Å². The van der Waals surface area contributed by atoms with E-state index in [1.54, 1.807) is 11.1 Å². The molecule has 3 rings (SSSR count). The molecule has 1 aliphatic heterocycles. The molecule has 1 fully saturated rings. The fourth-order valence-electron chi connectivity index (χ4n) is 2.94. The molecule has 0 bridgehead atoms. The lowest BCUT2D eigenvalue weighted by Crippen LogP contribution is -2.49. The number of carbonyl (C=O) groups excluding carboxylic acids is 1. The van der Waals surface area contributed by atoms with Crippen molar-refractivity contribution >= 4 is 23.5 Å². The van der Waals surface area contributed by atoms with Crippen LogP contribution in [-0.4, -0.2) is 59.9 Å². The van der Waals surface area contributed by atoms with E-state index in [1.165, 1.54) is 0 Å². The Labute approximate surface area is 165 Å². The smallest absolute Gasteiger partial charge is 0.409 e. The molecule has 1 aromatic heterocycles. The van der Waals surface area contributed by atoms with E-state index >= 15 is 0 Å². The first-order chi connectivity index (χ1) is 13.5. The molecule has 0 saturated carbocycles. The average Bonchev–Trinajstić information content (AvgIpc) is 2.70. The van der Waals surface area contributed by atoms with Crippen LogP contribution < -0.4 is 15.0 Å². The first-order valence-corrected chi connectivity index (χ1v) is 9.58. The fourth-order valence-corrected chi connectivity index (χ4v) is 2.94. The average molecular weight is 385 g/mol. The van der Waals surface area contributed by atoms with Crippen LogP contribution in [0.1, 0.15) is 20.8 Å². The van der Waals surface area contributed by atoms with Crippen LogP contribution in [0.5, 0.6) is 5.75 Å². The Morgan fingerprint density at radius 3 is 2.50 bits per heavy atom. The number of hydrogen-bond donors (Lipinski definition) is 1. The summed E-state index contributed by atoms with van der Waals surface area (Å²) in [6.07, 6.45) is 1.62. The minimum atomic E-state index is -0.253. The molecule has 1 amide bonds. The number of anilines is 3. The molecule has 1 saturated heterocycles. The van der Waals surface area contributed by atoms with Crippen molar-refractivity contribution < 1.29 is 14.3 Å². The van der Waals surface area contributed by atoms with E-state index in [2.05, 4.69) is 20.2 Å². The lowest BCUT2D eigenvalue weighted by atomic mass is 10.3. The van der Waals surface area contributed by atoms with Gasteiger partial charge in [0.2, 0.25) is 5.95 Å². The number of nitrogens with one attached hydrogen (secondary N) is 1. The predicted molar refractivity (Wildman–Crippen MR) is 108 cm³/mol. The van der Waals surface area contributed by atoms with Gasteiger partial charge < -0.3 is 24.6 Å². The molecule has 0 atom stereocenters. The van der Waals surface area contributed by atoms with Crippen LogP contribution in [0.15, 0.2) is 36.5 Å². The highest BCUT2D eigenvalue weighted by atomic mass is 16.6. The Kier molecular flexibility index (Phi) is 6.52. The van der Waals surface area contributed by atoms with Crippen LogP contribution in [0, 0.1) is 0 Å². The van der Waals surface area contributed by atoms with Crippen LogP contribution >= 0.6 is 0 Å². The predicted octanol–water partition coefficient (Wildman–Crippen LogP) is 3.29. The van der Waals surface area contributed by atoms with E-state index in [0.29, 0.717) is 38.7 Å². The zero-order valence-corrected chi connectivity index (χ0v) is 16.6. The monoisotopic (exact) mass is 385 g/mol. The topological polar surface area (TPSA) is 79.8 Å². The molecule has 150 valence electrons. The molecule has 28 heavy (non-hydrogen) atoms. The summed E-state index contributed by atoms with van der Waals surface area (Å²) in [5.41, 5.74) is 0.889. The number of aromatic nitrogens is 2. The van der Waals surface area contributed by atoms with Gasteiger partial charge in [-0.2, -0.15) is 4.98 Å². The maximum Gasteiger partial charge on any atom is 0.409 e. The van der Waals surface area contributed by atoms with E-state index < -0.39 is 0 Å². The Morgan fingerprint density at radius 1 is 1.14 bits per heavy atom. The van der Waals surface area contributed by atoms with Gasteiger partial charge >= 0.3 is 6.09 Å². The SMILES string of the molecule is CCOC(=O)N1CCN(c2ccnc(Nc3ccc(OC(C)C)cc3)n2)CC1. The normalized spacial score (nSPS) is 14.1. The molecular formula is C20H27N5O3. The van der Waals surface area contributed by atoms with E-state index in [9.17, 15) is 4.79 Å². The summed E-state index contributed by atoms with van der Waals surface area (Å²) in [5.74, 6) is 2.19. The number of nitrogens with zero attached hydrogens (tertiary/aromatic N) is 4. The van der Waals surface area contributed by atoms with Crippen molar-refractivity contribution in [1.29, 1.82) is 0 Å². The van der Waals surface area contributed by atoms with Crippen molar-refractivity contribution in [1.82, 2.24) is 14.9 Å². The number of hydrogen-bond acceptors (Lipinski definition) is 7. The first-order valence-electron chi connectivity index (χ1n) is 9.58. The highest BCUT2D eigenvalue weighted by Crippen LogP contribution is 2.21. The molecule has 2 aromatic rings. The molecule has 1 aliphatic rings. The van der Waals surface area contributed by atoms with E-state index in [4.69, 9.17) is 9.47 Å². The molecule has 1 aromatic carbocycles. The van der Waals surface area contributed by atoms with Crippen LogP contribution in [0.25, 0.3) is 0 Å². The lowest BCUT2D eigenvalue weighted by Gasteiger charge is -2.34. The second kappa shape index (κ2) is 9.25. The Hall–Kier alpha value is -3.03. The van der Waals surface area contributed by atoms with Gasteiger partial charge in [0, 0.05) is 38.1 Å². The zero-order chi connectivity index (χ0) is 19.9. The maximum atomic E-state index is 11.8.